The minimum absolute atomic E-state index is 0.0560. The lowest BCUT2D eigenvalue weighted by atomic mass is 10.0. The normalized spacial score (nSPS) is 21.6. The highest BCUT2D eigenvalue weighted by molar-refractivity contribution is 6.07. The van der Waals surface area contributed by atoms with Crippen LogP contribution in [0, 0.1) is 11.8 Å². The summed E-state index contributed by atoms with van der Waals surface area (Å²) in [7, 11) is 0. The summed E-state index contributed by atoms with van der Waals surface area (Å²) in [5, 5.41) is 0. The molecule has 2 atom stereocenters. The summed E-state index contributed by atoms with van der Waals surface area (Å²) in [6.07, 6.45) is 2.11. The first-order valence-corrected chi connectivity index (χ1v) is 5.94. The second-order valence-electron chi connectivity index (χ2n) is 4.52. The largest absolute Gasteiger partial charge is 0.461 e. The van der Waals surface area contributed by atoms with Crippen LogP contribution in [0.2, 0.25) is 0 Å². The Bertz CT molecular complexity index is 569. The number of carbonyl (C=O) groups excluding carboxylic acids is 2. The average molecular weight is 240 g/mol. The number of carbonyl (C=O) groups is 2. The zero-order valence-corrected chi connectivity index (χ0v) is 9.71. The van der Waals surface area contributed by atoms with Crippen molar-refractivity contribution in [1.82, 2.24) is 0 Å². The molecule has 0 N–H and O–H groups in total. The Balaban J connectivity index is 1.72. The van der Waals surface area contributed by atoms with E-state index < -0.39 is 0 Å². The lowest BCUT2D eigenvalue weighted by molar-refractivity contribution is 0.0890. The van der Waals surface area contributed by atoms with Crippen molar-refractivity contribution in [2.45, 2.75) is 6.42 Å². The number of benzene rings is 1. The van der Waals surface area contributed by atoms with Crippen LogP contribution in [0.3, 0.4) is 0 Å². The third kappa shape index (κ3) is 1.88. The smallest absolute Gasteiger partial charge is 0.201 e. The Labute approximate surface area is 104 Å². The Morgan fingerprint density at radius 1 is 0.944 bits per heavy atom. The van der Waals surface area contributed by atoms with Crippen LogP contribution in [0.5, 0.6) is 0 Å². The molecule has 1 aliphatic rings. The molecule has 0 aliphatic heterocycles. The van der Waals surface area contributed by atoms with Gasteiger partial charge in [0.25, 0.3) is 0 Å². The number of hydrogen-bond donors (Lipinski definition) is 0. The minimum atomic E-state index is -0.205. The average Bonchev–Trinajstić information content (AvgIpc) is 3.03. The van der Waals surface area contributed by atoms with Crippen molar-refractivity contribution in [1.29, 1.82) is 0 Å². The second kappa shape index (κ2) is 4.26. The molecule has 2 aromatic rings. The quantitative estimate of drug-likeness (QED) is 0.772. The van der Waals surface area contributed by atoms with Gasteiger partial charge in [0.15, 0.2) is 11.5 Å². The van der Waals surface area contributed by atoms with Crippen LogP contribution in [0.15, 0.2) is 53.1 Å². The van der Waals surface area contributed by atoms with Gasteiger partial charge in [-0.15, -0.1) is 0 Å². The maximum Gasteiger partial charge on any atom is 0.201 e. The van der Waals surface area contributed by atoms with Crippen LogP contribution in [0.1, 0.15) is 27.3 Å². The summed E-state index contributed by atoms with van der Waals surface area (Å²) in [5.41, 5.74) is 0.678. The van der Waals surface area contributed by atoms with Crippen molar-refractivity contribution < 1.29 is 14.0 Å². The van der Waals surface area contributed by atoms with Crippen molar-refractivity contribution in [2.75, 3.05) is 0 Å². The van der Waals surface area contributed by atoms with Crippen molar-refractivity contribution in [2.24, 2.45) is 11.8 Å². The number of ketones is 2. The molecule has 3 heteroatoms. The summed E-state index contributed by atoms with van der Waals surface area (Å²) < 4.78 is 5.07. The van der Waals surface area contributed by atoms with Crippen LogP contribution < -0.4 is 0 Å². The molecular formula is C15H12O3. The van der Waals surface area contributed by atoms with Crippen LogP contribution in [0.25, 0.3) is 0 Å². The molecule has 1 aromatic carbocycles. The van der Waals surface area contributed by atoms with Crippen LogP contribution in [-0.4, -0.2) is 11.6 Å². The first-order valence-electron chi connectivity index (χ1n) is 5.94. The van der Waals surface area contributed by atoms with Gasteiger partial charge in [-0.25, -0.2) is 0 Å². The highest BCUT2D eigenvalue weighted by Gasteiger charge is 2.48. The summed E-state index contributed by atoms with van der Waals surface area (Å²) in [5.74, 6) is -0.0352. The first kappa shape index (κ1) is 11.0. The molecule has 90 valence electrons. The van der Waals surface area contributed by atoms with Gasteiger partial charge in [-0.2, -0.15) is 0 Å². The number of Topliss-reactive ketones (excluding diaryl/α,β-unsaturated/α-hetero) is 2. The van der Waals surface area contributed by atoms with E-state index in [9.17, 15) is 9.59 Å². The third-order valence-electron chi connectivity index (χ3n) is 3.29. The lowest BCUT2D eigenvalue weighted by Gasteiger charge is -1.99. The Morgan fingerprint density at radius 3 is 2.33 bits per heavy atom. The van der Waals surface area contributed by atoms with Crippen molar-refractivity contribution in [3.05, 3.63) is 60.1 Å². The van der Waals surface area contributed by atoms with E-state index >= 15 is 0 Å². The topological polar surface area (TPSA) is 47.3 Å². The second-order valence-corrected chi connectivity index (χ2v) is 4.52. The predicted octanol–water partition coefficient (Wildman–Crippen LogP) is 2.98. The Hall–Kier alpha value is -2.16. The van der Waals surface area contributed by atoms with Crippen LogP contribution in [-0.2, 0) is 0 Å². The Morgan fingerprint density at radius 2 is 1.67 bits per heavy atom. The van der Waals surface area contributed by atoms with E-state index in [4.69, 9.17) is 4.42 Å². The van der Waals surface area contributed by atoms with E-state index in [0.29, 0.717) is 17.7 Å². The first-order chi connectivity index (χ1) is 8.77. The van der Waals surface area contributed by atoms with Gasteiger partial charge in [-0.1, -0.05) is 30.3 Å². The monoisotopic (exact) mass is 240 g/mol. The zero-order chi connectivity index (χ0) is 12.5. The van der Waals surface area contributed by atoms with Crippen molar-refractivity contribution in [3.8, 4) is 0 Å². The van der Waals surface area contributed by atoms with Gasteiger partial charge in [0.1, 0.15) is 0 Å². The number of rotatable bonds is 4. The van der Waals surface area contributed by atoms with E-state index in [0.717, 1.165) is 0 Å². The van der Waals surface area contributed by atoms with Gasteiger partial charge in [0.05, 0.1) is 6.26 Å². The molecule has 1 aliphatic carbocycles. The predicted molar refractivity (Wildman–Crippen MR) is 65.4 cm³/mol. The standard InChI is InChI=1S/C15H12O3/c16-14(10-5-2-1-3-6-10)11-9-12(11)15(17)13-7-4-8-18-13/h1-8,11-12H,9H2. The van der Waals surface area contributed by atoms with Gasteiger partial charge in [-0.3, -0.25) is 9.59 Å². The molecule has 1 aromatic heterocycles. The molecule has 1 fully saturated rings. The minimum Gasteiger partial charge on any atom is -0.461 e. The zero-order valence-electron chi connectivity index (χ0n) is 9.71. The highest BCUT2D eigenvalue weighted by Crippen LogP contribution is 2.43. The summed E-state index contributed by atoms with van der Waals surface area (Å²) in [6, 6.07) is 12.4. The molecule has 18 heavy (non-hydrogen) atoms. The number of hydrogen-bond acceptors (Lipinski definition) is 3. The van der Waals surface area contributed by atoms with Gasteiger partial charge in [0.2, 0.25) is 5.78 Å². The molecular weight excluding hydrogens is 228 g/mol. The van der Waals surface area contributed by atoms with Crippen molar-refractivity contribution >= 4 is 11.6 Å². The number of furan rings is 1. The summed E-state index contributed by atoms with van der Waals surface area (Å²) in [6.45, 7) is 0. The fourth-order valence-corrected chi connectivity index (χ4v) is 2.19. The molecule has 3 rings (SSSR count). The molecule has 0 spiro atoms. The maximum absolute atomic E-state index is 12.1. The molecule has 0 saturated heterocycles. The SMILES string of the molecule is O=C(c1ccccc1)C1CC1C(=O)c1ccco1. The van der Waals surface area contributed by atoms with E-state index in [-0.39, 0.29) is 23.4 Å². The molecule has 0 radical (unpaired) electrons. The van der Waals surface area contributed by atoms with Crippen LogP contribution in [0.4, 0.5) is 0 Å². The van der Waals surface area contributed by atoms with E-state index in [1.165, 1.54) is 6.26 Å². The lowest BCUT2D eigenvalue weighted by Crippen LogP contribution is -2.08. The van der Waals surface area contributed by atoms with E-state index in [1.807, 2.05) is 18.2 Å². The molecule has 1 saturated carbocycles. The molecule has 0 amide bonds. The fraction of sp³-hybridized carbons (Fsp3) is 0.200. The van der Waals surface area contributed by atoms with E-state index in [1.54, 1.807) is 24.3 Å². The van der Waals surface area contributed by atoms with Gasteiger partial charge < -0.3 is 4.42 Å². The molecule has 2 unspecified atom stereocenters. The Kier molecular flexibility index (Phi) is 2.59. The van der Waals surface area contributed by atoms with Crippen molar-refractivity contribution in [3.63, 3.8) is 0 Å². The van der Waals surface area contributed by atoms with Crippen LogP contribution >= 0.6 is 0 Å². The molecule has 3 nitrogen and oxygen atoms in total. The maximum atomic E-state index is 12.1. The van der Waals surface area contributed by atoms with E-state index in [2.05, 4.69) is 0 Å². The molecule has 0 bridgehead atoms. The van der Waals surface area contributed by atoms with Gasteiger partial charge >= 0.3 is 0 Å². The van der Waals surface area contributed by atoms with Gasteiger partial charge in [0, 0.05) is 17.4 Å². The van der Waals surface area contributed by atoms with Gasteiger partial charge in [-0.05, 0) is 18.6 Å². The summed E-state index contributed by atoms with van der Waals surface area (Å²) in [4.78, 5) is 24.1. The summed E-state index contributed by atoms with van der Waals surface area (Å²) >= 11 is 0. The molecule has 1 heterocycles. The fourth-order valence-electron chi connectivity index (χ4n) is 2.19. The highest BCUT2D eigenvalue weighted by atomic mass is 16.3. The third-order valence-corrected chi connectivity index (χ3v) is 3.29.